The molecule has 4 rings (SSSR count). The molecule has 0 spiro atoms. The van der Waals surface area contributed by atoms with Crippen LogP contribution in [-0.2, 0) is 0 Å². The van der Waals surface area contributed by atoms with E-state index in [2.05, 4.69) is 25.8 Å². The van der Waals surface area contributed by atoms with E-state index in [1.54, 1.807) is 12.1 Å². The summed E-state index contributed by atoms with van der Waals surface area (Å²) >= 11 is 0. The monoisotopic (exact) mass is 397 g/mol. The number of aromatic nitrogens is 3. The number of nitrogens with one attached hydrogen (secondary N) is 4. The van der Waals surface area contributed by atoms with Crippen molar-refractivity contribution in [3.63, 3.8) is 0 Å². The molecule has 2 aromatic heterocycles. The first-order valence-corrected chi connectivity index (χ1v) is 9.17. The van der Waals surface area contributed by atoms with Gasteiger partial charge >= 0.3 is 0 Å². The zero-order chi connectivity index (χ0) is 20.9. The van der Waals surface area contributed by atoms with Crippen LogP contribution in [0.1, 0.15) is 16.1 Å². The standard InChI is InChI=1S/C22H19N7O/c23-11-16(12-24)14-2-1-3-17(8-14)27-18-5-4-15-9-21(29-20(15)10-18)22(30)28-19-6-7-25-26-13-19/h1-13,23,27,29H,24H2,(H,25,28,30)/b16-12+,23-11?. The third kappa shape index (κ3) is 4.02. The fourth-order valence-corrected chi connectivity index (χ4v) is 3.06. The van der Waals surface area contributed by atoms with Crippen molar-refractivity contribution in [2.75, 3.05) is 10.6 Å². The molecule has 0 atom stereocenters. The lowest BCUT2D eigenvalue weighted by Crippen LogP contribution is -2.12. The second kappa shape index (κ2) is 8.27. The average molecular weight is 397 g/mol. The molecule has 1 amide bonds. The van der Waals surface area contributed by atoms with Gasteiger partial charge in [-0.05, 0) is 42.0 Å². The summed E-state index contributed by atoms with van der Waals surface area (Å²) in [5.74, 6) is -0.255. The highest BCUT2D eigenvalue weighted by Crippen LogP contribution is 2.25. The smallest absolute Gasteiger partial charge is 0.272 e. The van der Waals surface area contributed by atoms with Crippen LogP contribution in [0.25, 0.3) is 16.5 Å². The molecule has 0 aliphatic rings. The van der Waals surface area contributed by atoms with Gasteiger partial charge in [0, 0.05) is 40.3 Å². The molecule has 0 saturated heterocycles. The number of nitrogens with zero attached hydrogens (tertiary/aromatic N) is 2. The zero-order valence-corrected chi connectivity index (χ0v) is 15.9. The Bertz CT molecular complexity index is 1240. The largest absolute Gasteiger partial charge is 0.404 e. The Morgan fingerprint density at radius 1 is 1.03 bits per heavy atom. The lowest BCUT2D eigenvalue weighted by molar-refractivity contribution is 0.102. The fourth-order valence-electron chi connectivity index (χ4n) is 3.06. The highest BCUT2D eigenvalue weighted by Gasteiger charge is 2.11. The molecule has 0 radical (unpaired) electrons. The number of aromatic amines is 1. The van der Waals surface area contributed by atoms with Gasteiger partial charge in [-0.25, -0.2) is 0 Å². The highest BCUT2D eigenvalue weighted by molar-refractivity contribution is 6.08. The molecule has 30 heavy (non-hydrogen) atoms. The molecular weight excluding hydrogens is 378 g/mol. The van der Waals surface area contributed by atoms with Crippen LogP contribution in [0.3, 0.4) is 0 Å². The van der Waals surface area contributed by atoms with Crippen molar-refractivity contribution in [3.05, 3.63) is 84.4 Å². The van der Waals surface area contributed by atoms with Gasteiger partial charge < -0.3 is 26.8 Å². The van der Waals surface area contributed by atoms with Gasteiger partial charge in [0.05, 0.1) is 18.1 Å². The Hall–Kier alpha value is -4.46. The number of benzene rings is 2. The summed E-state index contributed by atoms with van der Waals surface area (Å²) < 4.78 is 0. The number of H-pyrrole nitrogens is 1. The molecule has 0 aliphatic carbocycles. The third-order valence-electron chi connectivity index (χ3n) is 4.53. The SMILES string of the molecule is N=C/C(=C\N)c1cccc(Nc2ccc3cc(C(=O)Nc4ccnnc4)[nH]c3c2)c1. The lowest BCUT2D eigenvalue weighted by atomic mass is 10.1. The van der Waals surface area contributed by atoms with Gasteiger partial charge in [0.25, 0.3) is 5.91 Å². The molecule has 6 N–H and O–H groups in total. The van der Waals surface area contributed by atoms with Crippen molar-refractivity contribution in [1.82, 2.24) is 15.2 Å². The lowest BCUT2D eigenvalue weighted by Gasteiger charge is -2.09. The van der Waals surface area contributed by atoms with Crippen molar-refractivity contribution in [2.45, 2.75) is 0 Å². The van der Waals surface area contributed by atoms with E-state index in [9.17, 15) is 4.79 Å². The van der Waals surface area contributed by atoms with Crippen LogP contribution in [0.5, 0.6) is 0 Å². The van der Waals surface area contributed by atoms with Crippen molar-refractivity contribution in [1.29, 1.82) is 5.41 Å². The molecule has 0 unspecified atom stereocenters. The second-order valence-electron chi connectivity index (χ2n) is 6.54. The summed E-state index contributed by atoms with van der Waals surface area (Å²) in [7, 11) is 0. The van der Waals surface area contributed by atoms with Crippen LogP contribution in [-0.4, -0.2) is 27.3 Å². The molecule has 8 heteroatoms. The Labute approximate surface area is 172 Å². The van der Waals surface area contributed by atoms with E-state index in [0.29, 0.717) is 17.0 Å². The van der Waals surface area contributed by atoms with Gasteiger partial charge in [-0.15, -0.1) is 0 Å². The Kier molecular flexibility index (Phi) is 5.21. The topological polar surface area (TPSA) is 133 Å². The summed E-state index contributed by atoms with van der Waals surface area (Å²) in [4.78, 5) is 15.6. The summed E-state index contributed by atoms with van der Waals surface area (Å²) in [6.07, 6.45) is 5.63. The third-order valence-corrected chi connectivity index (χ3v) is 4.53. The maximum Gasteiger partial charge on any atom is 0.272 e. The van der Waals surface area contributed by atoms with Crippen LogP contribution in [0, 0.1) is 5.41 Å². The summed E-state index contributed by atoms with van der Waals surface area (Å²) in [5.41, 5.74) is 10.6. The Morgan fingerprint density at radius 2 is 1.90 bits per heavy atom. The number of allylic oxidation sites excluding steroid dienone is 1. The number of rotatable bonds is 6. The van der Waals surface area contributed by atoms with Crippen LogP contribution in [0.4, 0.5) is 17.1 Å². The minimum atomic E-state index is -0.255. The Balaban J connectivity index is 1.55. The number of carbonyl (C=O) groups is 1. The summed E-state index contributed by atoms with van der Waals surface area (Å²) in [5, 5.41) is 21.9. The molecule has 0 bridgehead atoms. The first-order chi connectivity index (χ1) is 14.7. The van der Waals surface area contributed by atoms with E-state index in [4.69, 9.17) is 11.1 Å². The first kappa shape index (κ1) is 18.9. The number of hydrogen-bond donors (Lipinski definition) is 5. The maximum absolute atomic E-state index is 12.5. The number of anilines is 3. The average Bonchev–Trinajstić information content (AvgIpc) is 3.19. The normalized spacial score (nSPS) is 11.3. The number of fused-ring (bicyclic) bond motifs is 1. The zero-order valence-electron chi connectivity index (χ0n) is 15.9. The van der Waals surface area contributed by atoms with Crippen LogP contribution in [0.15, 0.2) is 73.2 Å². The van der Waals surface area contributed by atoms with E-state index in [1.165, 1.54) is 24.8 Å². The molecule has 2 heterocycles. The highest BCUT2D eigenvalue weighted by atomic mass is 16.1. The fraction of sp³-hybridized carbons (Fsp3) is 0. The van der Waals surface area contributed by atoms with Gasteiger partial charge in [-0.1, -0.05) is 18.2 Å². The molecule has 4 aromatic rings. The van der Waals surface area contributed by atoms with Gasteiger partial charge in [-0.2, -0.15) is 10.2 Å². The van der Waals surface area contributed by atoms with Crippen LogP contribution < -0.4 is 16.4 Å². The molecular formula is C22H19N7O. The molecule has 0 aliphatic heterocycles. The van der Waals surface area contributed by atoms with E-state index in [1.807, 2.05) is 42.5 Å². The summed E-state index contributed by atoms with van der Waals surface area (Å²) in [6.45, 7) is 0. The molecule has 0 saturated carbocycles. The van der Waals surface area contributed by atoms with Gasteiger partial charge in [0.15, 0.2) is 0 Å². The molecule has 0 fully saturated rings. The molecule has 8 nitrogen and oxygen atoms in total. The van der Waals surface area contributed by atoms with Crippen molar-refractivity contribution in [3.8, 4) is 0 Å². The van der Waals surface area contributed by atoms with E-state index in [0.717, 1.165) is 27.8 Å². The number of carbonyl (C=O) groups excluding carboxylic acids is 1. The minimum Gasteiger partial charge on any atom is -0.404 e. The number of nitrogens with two attached hydrogens (primary N) is 1. The van der Waals surface area contributed by atoms with Crippen molar-refractivity contribution in [2.24, 2.45) is 5.73 Å². The molecule has 148 valence electrons. The van der Waals surface area contributed by atoms with E-state index >= 15 is 0 Å². The van der Waals surface area contributed by atoms with E-state index in [-0.39, 0.29) is 5.91 Å². The van der Waals surface area contributed by atoms with Gasteiger partial charge in [0.1, 0.15) is 5.69 Å². The summed E-state index contributed by atoms with van der Waals surface area (Å²) in [6, 6.07) is 16.9. The van der Waals surface area contributed by atoms with Gasteiger partial charge in [0.2, 0.25) is 0 Å². The predicted molar refractivity (Wildman–Crippen MR) is 119 cm³/mol. The Morgan fingerprint density at radius 3 is 2.67 bits per heavy atom. The second-order valence-corrected chi connectivity index (χ2v) is 6.54. The van der Waals surface area contributed by atoms with Gasteiger partial charge in [-0.3, -0.25) is 4.79 Å². The number of amides is 1. The molecule has 2 aromatic carbocycles. The van der Waals surface area contributed by atoms with E-state index < -0.39 is 0 Å². The first-order valence-electron chi connectivity index (χ1n) is 9.17. The van der Waals surface area contributed by atoms with Crippen molar-refractivity contribution >= 4 is 45.7 Å². The van der Waals surface area contributed by atoms with Crippen LogP contribution in [0.2, 0.25) is 0 Å². The maximum atomic E-state index is 12.5. The predicted octanol–water partition coefficient (Wildman–Crippen LogP) is 3.90. The van der Waals surface area contributed by atoms with Crippen molar-refractivity contribution < 1.29 is 4.79 Å². The number of hydrogen-bond acceptors (Lipinski definition) is 6. The quantitative estimate of drug-likeness (QED) is 0.315. The minimum absolute atomic E-state index is 0.255. The van der Waals surface area contributed by atoms with Crippen LogP contribution >= 0.6 is 0 Å².